The molecular weight excluding hydrogens is 276 g/mol. The van der Waals surface area contributed by atoms with E-state index in [-0.39, 0.29) is 17.1 Å². The smallest absolute Gasteiger partial charge is 0.217 e. The van der Waals surface area contributed by atoms with Gasteiger partial charge in [0.2, 0.25) is 5.88 Å². The summed E-state index contributed by atoms with van der Waals surface area (Å²) in [5.74, 6) is 1.48. The zero-order valence-corrected chi connectivity index (χ0v) is 14.8. The van der Waals surface area contributed by atoms with E-state index in [1.807, 2.05) is 12.1 Å². The lowest BCUT2D eigenvalue weighted by molar-refractivity contribution is 0.0690. The highest BCUT2D eigenvalue weighted by Gasteiger charge is 2.33. The summed E-state index contributed by atoms with van der Waals surface area (Å²) in [6.45, 7) is 13.7. The Kier molecular flexibility index (Phi) is 5.00. The van der Waals surface area contributed by atoms with Gasteiger partial charge in [-0.3, -0.25) is 0 Å². The minimum Gasteiger partial charge on any atom is -0.493 e. The maximum atomic E-state index is 5.94. The number of ether oxygens (including phenoxy) is 2. The molecule has 1 fully saturated rings. The van der Waals surface area contributed by atoms with Gasteiger partial charge in [-0.25, -0.2) is 4.98 Å². The summed E-state index contributed by atoms with van der Waals surface area (Å²) < 4.78 is 11.7. The van der Waals surface area contributed by atoms with E-state index in [1.54, 1.807) is 6.20 Å². The summed E-state index contributed by atoms with van der Waals surface area (Å²) in [6.07, 6.45) is 4.07. The van der Waals surface area contributed by atoms with Crippen molar-refractivity contribution < 1.29 is 9.47 Å². The van der Waals surface area contributed by atoms with Crippen LogP contribution < -0.4 is 14.8 Å². The molecule has 1 aliphatic rings. The van der Waals surface area contributed by atoms with E-state index in [0.717, 1.165) is 18.6 Å². The van der Waals surface area contributed by atoms with E-state index in [9.17, 15) is 0 Å². The molecule has 0 atom stereocenters. The van der Waals surface area contributed by atoms with Crippen molar-refractivity contribution >= 4 is 0 Å². The van der Waals surface area contributed by atoms with Crippen LogP contribution in [-0.2, 0) is 0 Å². The second kappa shape index (κ2) is 6.45. The maximum absolute atomic E-state index is 5.94. The van der Waals surface area contributed by atoms with Gasteiger partial charge >= 0.3 is 0 Å². The molecule has 0 aliphatic heterocycles. The van der Waals surface area contributed by atoms with E-state index in [2.05, 4.69) is 51.8 Å². The summed E-state index contributed by atoms with van der Waals surface area (Å²) >= 11 is 0. The molecule has 0 spiro atoms. The van der Waals surface area contributed by atoms with E-state index < -0.39 is 0 Å². The number of nitrogens with one attached hydrogen (secondary N) is 1. The van der Waals surface area contributed by atoms with E-state index in [1.165, 1.54) is 0 Å². The van der Waals surface area contributed by atoms with Crippen LogP contribution in [0.15, 0.2) is 18.3 Å². The second-order valence-electron chi connectivity index (χ2n) is 8.48. The summed E-state index contributed by atoms with van der Waals surface area (Å²) in [4.78, 5) is 4.28. The molecule has 0 radical (unpaired) electrons. The molecule has 1 heterocycles. The molecule has 1 aromatic heterocycles. The van der Waals surface area contributed by atoms with Gasteiger partial charge in [-0.05, 0) is 45.1 Å². The monoisotopic (exact) mass is 306 g/mol. The van der Waals surface area contributed by atoms with Gasteiger partial charge in [0.25, 0.3) is 0 Å². The molecule has 124 valence electrons. The average molecular weight is 306 g/mol. The zero-order valence-electron chi connectivity index (χ0n) is 14.8. The Morgan fingerprint density at radius 2 is 1.86 bits per heavy atom. The minimum atomic E-state index is 0.143. The van der Waals surface area contributed by atoms with Crippen LogP contribution in [0.1, 0.15) is 54.4 Å². The van der Waals surface area contributed by atoms with Crippen molar-refractivity contribution in [3.05, 3.63) is 18.3 Å². The Morgan fingerprint density at radius 1 is 1.18 bits per heavy atom. The molecule has 1 aliphatic carbocycles. The molecule has 0 amide bonds. The van der Waals surface area contributed by atoms with Crippen LogP contribution in [-0.4, -0.2) is 29.3 Å². The van der Waals surface area contributed by atoms with Crippen LogP contribution in [0.25, 0.3) is 0 Å². The van der Waals surface area contributed by atoms with Gasteiger partial charge in [0.1, 0.15) is 11.9 Å². The first kappa shape index (κ1) is 17.1. The first-order chi connectivity index (χ1) is 10.1. The van der Waals surface area contributed by atoms with Crippen LogP contribution in [0.5, 0.6) is 11.6 Å². The van der Waals surface area contributed by atoms with Gasteiger partial charge in [-0.2, -0.15) is 0 Å². The topological polar surface area (TPSA) is 43.4 Å². The highest BCUT2D eigenvalue weighted by molar-refractivity contribution is 5.26. The normalized spacial score (nSPS) is 22.1. The zero-order chi connectivity index (χ0) is 16.4. The van der Waals surface area contributed by atoms with Crippen LogP contribution in [0.4, 0.5) is 0 Å². The Hall–Kier alpha value is -1.29. The third-order valence-corrected chi connectivity index (χ3v) is 3.40. The summed E-state index contributed by atoms with van der Waals surface area (Å²) in [5.41, 5.74) is 0.304. The minimum absolute atomic E-state index is 0.143. The quantitative estimate of drug-likeness (QED) is 0.898. The Morgan fingerprint density at radius 3 is 2.45 bits per heavy atom. The fourth-order valence-electron chi connectivity index (χ4n) is 2.41. The highest BCUT2D eigenvalue weighted by Crippen LogP contribution is 2.28. The number of aromatic nitrogens is 1. The van der Waals surface area contributed by atoms with Crippen molar-refractivity contribution in [1.29, 1.82) is 0 Å². The van der Waals surface area contributed by atoms with Crippen LogP contribution in [0.2, 0.25) is 0 Å². The molecule has 1 N–H and O–H groups in total. The lowest BCUT2D eigenvalue weighted by Gasteiger charge is -2.39. The average Bonchev–Trinajstić information content (AvgIpc) is 2.32. The first-order valence-electron chi connectivity index (χ1n) is 8.14. The standard InChI is InChI=1S/C18H30N2O2/c1-17(2,3)12-21-14-7-8-19-16(11-14)22-15-9-13(10-15)20-18(4,5)6/h7-8,11,13,15,20H,9-10,12H2,1-6H3/t13-,15+. The number of nitrogens with zero attached hydrogens (tertiary/aromatic N) is 1. The van der Waals surface area contributed by atoms with Crippen molar-refractivity contribution in [2.45, 2.75) is 72.1 Å². The largest absolute Gasteiger partial charge is 0.493 e. The van der Waals surface area contributed by atoms with E-state index in [0.29, 0.717) is 18.5 Å². The second-order valence-corrected chi connectivity index (χ2v) is 8.48. The summed E-state index contributed by atoms with van der Waals surface area (Å²) in [5, 5.41) is 3.59. The molecule has 0 bridgehead atoms. The number of rotatable bonds is 5. The first-order valence-corrected chi connectivity index (χ1v) is 8.14. The summed E-state index contributed by atoms with van der Waals surface area (Å²) in [7, 11) is 0. The summed E-state index contributed by atoms with van der Waals surface area (Å²) in [6, 6.07) is 4.31. The molecule has 1 aromatic rings. The lowest BCUT2D eigenvalue weighted by atomic mass is 9.87. The SMILES string of the molecule is CC(C)(C)COc1ccnc(O[C@H]2C[C@@H](NC(C)(C)C)C2)c1. The van der Waals surface area contributed by atoms with Crippen LogP contribution in [0, 0.1) is 5.41 Å². The van der Waals surface area contributed by atoms with Gasteiger partial charge in [-0.1, -0.05) is 20.8 Å². The maximum Gasteiger partial charge on any atom is 0.217 e. The molecule has 0 aromatic carbocycles. The molecule has 4 nitrogen and oxygen atoms in total. The lowest BCUT2D eigenvalue weighted by Crippen LogP contribution is -2.53. The molecule has 2 rings (SSSR count). The predicted octanol–water partition coefficient (Wildman–Crippen LogP) is 3.80. The van der Waals surface area contributed by atoms with E-state index in [4.69, 9.17) is 9.47 Å². The van der Waals surface area contributed by atoms with Gasteiger partial charge in [-0.15, -0.1) is 0 Å². The fourth-order valence-corrected chi connectivity index (χ4v) is 2.41. The van der Waals surface area contributed by atoms with Crippen molar-refractivity contribution in [3.8, 4) is 11.6 Å². The molecule has 4 heteroatoms. The van der Waals surface area contributed by atoms with Gasteiger partial charge in [0.15, 0.2) is 0 Å². The van der Waals surface area contributed by atoms with Crippen molar-refractivity contribution in [2.24, 2.45) is 5.41 Å². The molecule has 1 saturated carbocycles. The Labute approximate surface area is 134 Å². The van der Waals surface area contributed by atoms with Gasteiger partial charge < -0.3 is 14.8 Å². The number of pyridine rings is 1. The van der Waals surface area contributed by atoms with Gasteiger partial charge in [0, 0.05) is 23.8 Å². The molecular formula is C18H30N2O2. The fraction of sp³-hybridized carbons (Fsp3) is 0.722. The van der Waals surface area contributed by atoms with Crippen molar-refractivity contribution in [2.75, 3.05) is 6.61 Å². The number of hydrogen-bond acceptors (Lipinski definition) is 4. The van der Waals surface area contributed by atoms with E-state index >= 15 is 0 Å². The van der Waals surface area contributed by atoms with Gasteiger partial charge in [0.05, 0.1) is 6.61 Å². The molecule has 0 saturated heterocycles. The molecule has 22 heavy (non-hydrogen) atoms. The van der Waals surface area contributed by atoms with Crippen molar-refractivity contribution in [3.63, 3.8) is 0 Å². The third-order valence-electron chi connectivity index (χ3n) is 3.40. The van der Waals surface area contributed by atoms with Crippen LogP contribution >= 0.6 is 0 Å². The van der Waals surface area contributed by atoms with Crippen molar-refractivity contribution in [1.82, 2.24) is 10.3 Å². The van der Waals surface area contributed by atoms with Crippen LogP contribution in [0.3, 0.4) is 0 Å². The predicted molar refractivity (Wildman–Crippen MR) is 89.5 cm³/mol. The Balaban J connectivity index is 1.80. The Bertz CT molecular complexity index is 483. The molecule has 0 unspecified atom stereocenters. The highest BCUT2D eigenvalue weighted by atomic mass is 16.5. The third kappa shape index (κ3) is 5.84. The number of hydrogen-bond donors (Lipinski definition) is 1.